The third-order valence-corrected chi connectivity index (χ3v) is 3.28. The first-order chi connectivity index (χ1) is 8.88. The first-order valence-electron chi connectivity index (χ1n) is 5.13. The summed E-state index contributed by atoms with van der Waals surface area (Å²) in [7, 11) is 0. The van der Waals surface area contributed by atoms with Gasteiger partial charge >= 0.3 is 6.18 Å². The largest absolute Gasteiger partial charge is 0.453 e. The van der Waals surface area contributed by atoms with Gasteiger partial charge in [-0.05, 0) is 17.7 Å². The fraction of sp³-hybridized carbons (Fsp3) is 0.200. The second-order valence-electron chi connectivity index (χ2n) is 3.70. The molecule has 0 fully saturated rings. The van der Waals surface area contributed by atoms with E-state index < -0.39 is 12.0 Å². The number of nitrogen functional groups attached to an aromatic ring is 2. The second-order valence-corrected chi connectivity index (χ2v) is 4.65. The van der Waals surface area contributed by atoms with E-state index >= 15 is 0 Å². The van der Waals surface area contributed by atoms with Crippen LogP contribution in [0.2, 0.25) is 0 Å². The van der Waals surface area contributed by atoms with Crippen molar-refractivity contribution in [1.82, 2.24) is 14.9 Å². The van der Waals surface area contributed by atoms with E-state index in [9.17, 15) is 13.2 Å². The van der Waals surface area contributed by atoms with Crippen molar-refractivity contribution in [2.75, 3.05) is 11.6 Å². The summed E-state index contributed by atoms with van der Waals surface area (Å²) in [6.45, 7) is 0. The molecule has 0 aliphatic heterocycles. The molecule has 2 rings (SSSR count). The van der Waals surface area contributed by atoms with Gasteiger partial charge in [0, 0.05) is 11.4 Å². The number of rotatable bonds is 3. The van der Waals surface area contributed by atoms with Crippen molar-refractivity contribution in [3.05, 3.63) is 35.7 Å². The molecule has 0 unspecified atom stereocenters. The van der Waals surface area contributed by atoms with Gasteiger partial charge < -0.3 is 11.6 Å². The normalized spacial score (nSPS) is 11.7. The average molecular weight is 289 g/mol. The number of aromatic nitrogens is 3. The molecule has 1 aromatic carbocycles. The fourth-order valence-corrected chi connectivity index (χ4v) is 2.14. The first-order valence-corrected chi connectivity index (χ1v) is 6.11. The molecule has 0 aliphatic rings. The van der Waals surface area contributed by atoms with Crippen LogP contribution >= 0.6 is 11.8 Å². The third kappa shape index (κ3) is 3.11. The summed E-state index contributed by atoms with van der Waals surface area (Å²) >= 11 is 1.07. The van der Waals surface area contributed by atoms with Crippen molar-refractivity contribution < 1.29 is 13.2 Å². The Kier molecular flexibility index (Phi) is 3.56. The average Bonchev–Trinajstić information content (AvgIpc) is 2.70. The summed E-state index contributed by atoms with van der Waals surface area (Å²) in [5.41, 5.74) is 7.05. The van der Waals surface area contributed by atoms with Gasteiger partial charge in [-0.1, -0.05) is 23.9 Å². The molecule has 1 heterocycles. The summed E-state index contributed by atoms with van der Waals surface area (Å²) in [6.07, 6.45) is -4.61. The molecule has 0 atom stereocenters. The third-order valence-electron chi connectivity index (χ3n) is 2.27. The topological polar surface area (TPSA) is 82.8 Å². The Morgan fingerprint density at radius 1 is 1.16 bits per heavy atom. The van der Waals surface area contributed by atoms with Crippen LogP contribution in [0.3, 0.4) is 0 Å². The highest BCUT2D eigenvalue weighted by molar-refractivity contribution is 7.98. The Morgan fingerprint density at radius 3 is 2.32 bits per heavy atom. The van der Waals surface area contributed by atoms with Crippen LogP contribution < -0.4 is 11.6 Å². The number of anilines is 1. The molecule has 0 amide bonds. The predicted molar refractivity (Wildman–Crippen MR) is 65.6 cm³/mol. The molecule has 2 aromatic rings. The van der Waals surface area contributed by atoms with Gasteiger partial charge in [-0.2, -0.15) is 13.2 Å². The number of nitrogens with two attached hydrogens (primary N) is 2. The standard InChI is InChI=1S/C10H10F3N5S/c11-10(12,13)8-16-17-9(18(8)15)19-5-6-1-3-7(14)4-2-6/h1-4H,5,14-15H2. The van der Waals surface area contributed by atoms with E-state index in [4.69, 9.17) is 11.6 Å². The Labute approximate surface area is 110 Å². The smallest absolute Gasteiger partial charge is 0.399 e. The van der Waals surface area contributed by atoms with Gasteiger partial charge in [-0.3, -0.25) is 0 Å². The number of nitrogens with zero attached hydrogens (tertiary/aromatic N) is 3. The minimum absolute atomic E-state index is 0.00384. The molecule has 9 heteroatoms. The molecule has 102 valence electrons. The van der Waals surface area contributed by atoms with Crippen LogP contribution in [0.25, 0.3) is 0 Å². The quantitative estimate of drug-likeness (QED) is 0.512. The van der Waals surface area contributed by atoms with Crippen molar-refractivity contribution >= 4 is 17.4 Å². The Hall–Kier alpha value is -1.90. The number of halogens is 3. The fourth-order valence-electron chi connectivity index (χ4n) is 1.33. The maximum absolute atomic E-state index is 12.4. The number of hydrogen-bond donors (Lipinski definition) is 2. The molecular weight excluding hydrogens is 279 g/mol. The number of thioether (sulfide) groups is 1. The highest BCUT2D eigenvalue weighted by Crippen LogP contribution is 2.29. The molecule has 1 aromatic heterocycles. The van der Waals surface area contributed by atoms with Gasteiger partial charge in [0.25, 0.3) is 5.82 Å². The van der Waals surface area contributed by atoms with Gasteiger partial charge in [0.05, 0.1) is 0 Å². The van der Waals surface area contributed by atoms with Crippen LogP contribution in [0.1, 0.15) is 11.4 Å². The van der Waals surface area contributed by atoms with Crippen molar-refractivity contribution in [1.29, 1.82) is 0 Å². The van der Waals surface area contributed by atoms with Gasteiger partial charge in [-0.25, -0.2) is 4.68 Å². The number of benzene rings is 1. The lowest BCUT2D eigenvalue weighted by atomic mass is 10.2. The maximum Gasteiger partial charge on any atom is 0.453 e. The number of alkyl halides is 3. The SMILES string of the molecule is Nc1ccc(CSc2nnc(C(F)(F)F)n2N)cc1. The molecular formula is C10H10F3N5S. The Morgan fingerprint density at radius 2 is 1.79 bits per heavy atom. The van der Waals surface area contributed by atoms with Crippen LogP contribution in [0.5, 0.6) is 0 Å². The van der Waals surface area contributed by atoms with Crippen LogP contribution in [-0.2, 0) is 11.9 Å². The zero-order valence-electron chi connectivity index (χ0n) is 9.55. The molecule has 0 bridgehead atoms. The summed E-state index contributed by atoms with van der Waals surface area (Å²) in [5, 5.41) is 6.46. The summed E-state index contributed by atoms with van der Waals surface area (Å²) in [5.74, 6) is 4.52. The molecule has 4 N–H and O–H groups in total. The Balaban J connectivity index is 2.08. The number of hydrogen-bond acceptors (Lipinski definition) is 5. The van der Waals surface area contributed by atoms with Gasteiger partial charge in [0.15, 0.2) is 0 Å². The van der Waals surface area contributed by atoms with E-state index in [2.05, 4.69) is 10.2 Å². The van der Waals surface area contributed by atoms with Gasteiger partial charge in [-0.15, -0.1) is 10.2 Å². The van der Waals surface area contributed by atoms with E-state index in [1.165, 1.54) is 0 Å². The zero-order chi connectivity index (χ0) is 14.0. The van der Waals surface area contributed by atoms with Crippen molar-refractivity contribution in [3.8, 4) is 0 Å². The molecule has 5 nitrogen and oxygen atoms in total. The van der Waals surface area contributed by atoms with E-state index in [1.54, 1.807) is 24.3 Å². The molecule has 0 radical (unpaired) electrons. The van der Waals surface area contributed by atoms with E-state index in [-0.39, 0.29) is 5.16 Å². The van der Waals surface area contributed by atoms with E-state index in [0.29, 0.717) is 16.1 Å². The van der Waals surface area contributed by atoms with Crippen LogP contribution in [0.4, 0.5) is 18.9 Å². The van der Waals surface area contributed by atoms with Crippen LogP contribution in [0, 0.1) is 0 Å². The lowest BCUT2D eigenvalue weighted by molar-refractivity contribution is -0.146. The lowest BCUT2D eigenvalue weighted by Crippen LogP contribution is -2.21. The van der Waals surface area contributed by atoms with Crippen molar-refractivity contribution in [2.24, 2.45) is 0 Å². The van der Waals surface area contributed by atoms with Crippen LogP contribution in [-0.4, -0.2) is 14.9 Å². The van der Waals surface area contributed by atoms with E-state index in [0.717, 1.165) is 17.3 Å². The minimum Gasteiger partial charge on any atom is -0.399 e. The molecule has 0 saturated carbocycles. The predicted octanol–water partition coefficient (Wildman–Crippen LogP) is 1.89. The highest BCUT2D eigenvalue weighted by atomic mass is 32.2. The lowest BCUT2D eigenvalue weighted by Gasteiger charge is -2.06. The molecule has 0 saturated heterocycles. The second kappa shape index (κ2) is 5.00. The monoisotopic (exact) mass is 289 g/mol. The van der Waals surface area contributed by atoms with Gasteiger partial charge in [0.1, 0.15) is 0 Å². The van der Waals surface area contributed by atoms with Crippen LogP contribution in [0.15, 0.2) is 29.4 Å². The summed E-state index contributed by atoms with van der Waals surface area (Å²) in [6, 6.07) is 6.99. The summed E-state index contributed by atoms with van der Waals surface area (Å²) in [4.78, 5) is 0. The first kappa shape index (κ1) is 13.5. The zero-order valence-corrected chi connectivity index (χ0v) is 10.4. The van der Waals surface area contributed by atoms with Gasteiger partial charge in [0.2, 0.25) is 5.16 Å². The minimum atomic E-state index is -4.61. The highest BCUT2D eigenvalue weighted by Gasteiger charge is 2.38. The maximum atomic E-state index is 12.4. The van der Waals surface area contributed by atoms with Crippen molar-refractivity contribution in [2.45, 2.75) is 17.1 Å². The Bertz CT molecular complexity index is 564. The summed E-state index contributed by atoms with van der Waals surface area (Å²) < 4.78 is 37.8. The van der Waals surface area contributed by atoms with E-state index in [1.807, 2.05) is 0 Å². The molecule has 19 heavy (non-hydrogen) atoms. The molecule has 0 spiro atoms. The molecule has 0 aliphatic carbocycles. The van der Waals surface area contributed by atoms with Crippen molar-refractivity contribution in [3.63, 3.8) is 0 Å².